The highest BCUT2D eigenvalue weighted by atomic mass is 79.9. The molecule has 19 heavy (non-hydrogen) atoms. The van der Waals surface area contributed by atoms with Crippen molar-refractivity contribution in [3.8, 4) is 0 Å². The molecule has 1 rings (SSSR count). The van der Waals surface area contributed by atoms with Crippen molar-refractivity contribution in [3.05, 3.63) is 34.3 Å². The lowest BCUT2D eigenvalue weighted by atomic mass is 10.0. The van der Waals surface area contributed by atoms with Gasteiger partial charge in [0.15, 0.2) is 9.84 Å². The Bertz CT molecular complexity index is 540. The molecule has 6 heteroatoms. The number of amides is 1. The van der Waals surface area contributed by atoms with Gasteiger partial charge in [0.25, 0.3) is 0 Å². The summed E-state index contributed by atoms with van der Waals surface area (Å²) in [7, 11) is -3.36. The van der Waals surface area contributed by atoms with Gasteiger partial charge >= 0.3 is 0 Å². The Morgan fingerprint density at radius 2 is 1.84 bits per heavy atom. The van der Waals surface area contributed by atoms with Crippen LogP contribution in [0.5, 0.6) is 0 Å². The first-order valence-corrected chi connectivity index (χ1v) is 8.75. The van der Waals surface area contributed by atoms with Gasteiger partial charge in [0.05, 0.1) is 6.04 Å². The summed E-state index contributed by atoms with van der Waals surface area (Å²) in [6, 6.07) is 7.42. The number of carbonyl (C=O) groups is 1. The van der Waals surface area contributed by atoms with Gasteiger partial charge in [0.2, 0.25) is 5.91 Å². The minimum absolute atomic E-state index is 0.176. The summed E-state index contributed by atoms with van der Waals surface area (Å²) >= 11 is 3.35. The largest absolute Gasteiger partial charge is 0.348 e. The molecule has 2 atom stereocenters. The lowest BCUT2D eigenvalue weighted by Crippen LogP contribution is -2.39. The molecule has 0 heterocycles. The maximum atomic E-state index is 11.9. The Kier molecular flexibility index (Phi) is 5.55. The zero-order valence-electron chi connectivity index (χ0n) is 11.2. The number of nitrogens with one attached hydrogen (secondary N) is 1. The van der Waals surface area contributed by atoms with Crippen molar-refractivity contribution < 1.29 is 13.2 Å². The molecular formula is C13H18BrNO3S. The first-order chi connectivity index (χ1) is 8.75. The minimum Gasteiger partial charge on any atom is -0.348 e. The molecule has 0 aromatic heterocycles. The third-order valence-electron chi connectivity index (χ3n) is 3.01. The van der Waals surface area contributed by atoms with Crippen LogP contribution in [-0.2, 0) is 14.6 Å². The van der Waals surface area contributed by atoms with Crippen molar-refractivity contribution in [2.75, 3.05) is 6.26 Å². The fourth-order valence-corrected chi connectivity index (χ4v) is 2.32. The molecule has 0 unspecified atom stereocenters. The maximum Gasteiger partial charge on any atom is 0.238 e. The fraction of sp³-hybridized carbons (Fsp3) is 0.462. The summed E-state index contributed by atoms with van der Waals surface area (Å²) in [5.41, 5.74) is 0.958. The average molecular weight is 348 g/mol. The average Bonchev–Trinajstić information content (AvgIpc) is 2.34. The van der Waals surface area contributed by atoms with Gasteiger partial charge in [-0.2, -0.15) is 0 Å². The van der Waals surface area contributed by atoms with Crippen LogP contribution in [0.1, 0.15) is 31.9 Å². The van der Waals surface area contributed by atoms with E-state index in [9.17, 15) is 13.2 Å². The quantitative estimate of drug-likeness (QED) is 0.889. The van der Waals surface area contributed by atoms with Crippen molar-refractivity contribution in [1.29, 1.82) is 0 Å². The molecule has 0 saturated carbocycles. The monoisotopic (exact) mass is 347 g/mol. The van der Waals surface area contributed by atoms with Gasteiger partial charge in [0.1, 0.15) is 5.25 Å². The summed E-state index contributed by atoms with van der Waals surface area (Å²) in [5.74, 6) is -0.461. The molecule has 0 aliphatic carbocycles. The number of hydrogen-bond donors (Lipinski definition) is 1. The molecule has 0 aliphatic heterocycles. The van der Waals surface area contributed by atoms with Gasteiger partial charge in [-0.3, -0.25) is 4.79 Å². The van der Waals surface area contributed by atoms with E-state index in [-0.39, 0.29) is 6.04 Å². The lowest BCUT2D eigenvalue weighted by molar-refractivity contribution is -0.121. The number of halogens is 1. The van der Waals surface area contributed by atoms with Crippen molar-refractivity contribution >= 4 is 31.7 Å². The molecule has 0 bridgehead atoms. The molecule has 0 spiro atoms. The Morgan fingerprint density at radius 3 is 2.26 bits per heavy atom. The van der Waals surface area contributed by atoms with Gasteiger partial charge in [-0.05, 0) is 31.0 Å². The van der Waals surface area contributed by atoms with E-state index in [2.05, 4.69) is 21.2 Å². The number of hydrogen-bond acceptors (Lipinski definition) is 3. The van der Waals surface area contributed by atoms with Crippen molar-refractivity contribution in [2.24, 2.45) is 0 Å². The van der Waals surface area contributed by atoms with E-state index in [1.165, 1.54) is 6.92 Å². The smallest absolute Gasteiger partial charge is 0.238 e. The molecule has 1 aromatic rings. The van der Waals surface area contributed by atoms with Crippen LogP contribution in [0.25, 0.3) is 0 Å². The van der Waals surface area contributed by atoms with Gasteiger partial charge in [-0.1, -0.05) is 35.0 Å². The molecule has 106 valence electrons. The molecule has 1 N–H and O–H groups in total. The second-order valence-electron chi connectivity index (χ2n) is 4.49. The Morgan fingerprint density at radius 1 is 1.32 bits per heavy atom. The lowest BCUT2D eigenvalue weighted by Gasteiger charge is -2.19. The van der Waals surface area contributed by atoms with Crippen LogP contribution in [0.3, 0.4) is 0 Å². The third-order valence-corrected chi connectivity index (χ3v) is 5.04. The van der Waals surface area contributed by atoms with Gasteiger partial charge in [-0.15, -0.1) is 0 Å². The molecule has 0 radical (unpaired) electrons. The van der Waals surface area contributed by atoms with Crippen LogP contribution < -0.4 is 5.32 Å². The Labute approximate surface area is 122 Å². The topological polar surface area (TPSA) is 63.2 Å². The zero-order chi connectivity index (χ0) is 14.6. The van der Waals surface area contributed by atoms with E-state index in [0.717, 1.165) is 16.3 Å². The van der Waals surface area contributed by atoms with Crippen LogP contribution >= 0.6 is 15.9 Å². The number of rotatable bonds is 5. The second-order valence-corrected chi connectivity index (χ2v) is 7.77. The van der Waals surface area contributed by atoms with Crippen LogP contribution in [0, 0.1) is 0 Å². The molecule has 4 nitrogen and oxygen atoms in total. The van der Waals surface area contributed by atoms with Gasteiger partial charge in [0, 0.05) is 10.7 Å². The molecule has 0 saturated heterocycles. The van der Waals surface area contributed by atoms with Crippen molar-refractivity contribution in [3.63, 3.8) is 0 Å². The van der Waals surface area contributed by atoms with Crippen LogP contribution in [0.2, 0.25) is 0 Å². The normalized spacial score (nSPS) is 14.7. The molecule has 1 amide bonds. The highest BCUT2D eigenvalue weighted by Crippen LogP contribution is 2.19. The van der Waals surface area contributed by atoms with E-state index in [0.29, 0.717) is 6.42 Å². The Hall–Kier alpha value is -0.880. The summed E-state index contributed by atoms with van der Waals surface area (Å²) in [6.45, 7) is 3.34. The van der Waals surface area contributed by atoms with Crippen LogP contribution in [-0.4, -0.2) is 25.8 Å². The molecule has 0 fully saturated rings. The van der Waals surface area contributed by atoms with E-state index in [1.807, 2.05) is 31.2 Å². The predicted molar refractivity (Wildman–Crippen MR) is 79.6 cm³/mol. The Balaban J connectivity index is 2.83. The molecular weight excluding hydrogens is 330 g/mol. The van der Waals surface area contributed by atoms with E-state index >= 15 is 0 Å². The second kappa shape index (κ2) is 6.52. The fourth-order valence-electron chi connectivity index (χ4n) is 1.60. The number of benzene rings is 1. The van der Waals surface area contributed by atoms with E-state index < -0.39 is 21.0 Å². The summed E-state index contributed by atoms with van der Waals surface area (Å²) in [6.07, 6.45) is 1.77. The molecule has 0 aliphatic rings. The summed E-state index contributed by atoms with van der Waals surface area (Å²) in [4.78, 5) is 11.9. The standard InChI is InChI=1S/C13H18BrNO3S/c1-4-12(10-5-7-11(14)8-6-10)15-13(16)9(2)19(3,17)18/h5-9,12H,4H2,1-3H3,(H,15,16)/t9-,12-/m0/s1. The molecule has 1 aromatic carbocycles. The number of sulfone groups is 1. The SMILES string of the molecule is CC[C@H](NC(=O)[C@H](C)S(C)(=O)=O)c1ccc(Br)cc1. The van der Waals surface area contributed by atoms with Crippen molar-refractivity contribution in [1.82, 2.24) is 5.32 Å². The zero-order valence-corrected chi connectivity index (χ0v) is 13.6. The highest BCUT2D eigenvalue weighted by Gasteiger charge is 2.25. The van der Waals surface area contributed by atoms with Crippen molar-refractivity contribution in [2.45, 2.75) is 31.6 Å². The highest BCUT2D eigenvalue weighted by molar-refractivity contribution is 9.10. The van der Waals surface area contributed by atoms with Crippen LogP contribution in [0.4, 0.5) is 0 Å². The van der Waals surface area contributed by atoms with Gasteiger partial charge < -0.3 is 5.32 Å². The summed E-state index contributed by atoms with van der Waals surface area (Å²) in [5, 5.41) is 1.74. The first-order valence-electron chi connectivity index (χ1n) is 6.00. The van der Waals surface area contributed by atoms with E-state index in [1.54, 1.807) is 0 Å². The first kappa shape index (κ1) is 16.2. The minimum atomic E-state index is -3.36. The number of carbonyl (C=O) groups excluding carboxylic acids is 1. The van der Waals surface area contributed by atoms with Gasteiger partial charge in [-0.25, -0.2) is 8.42 Å². The maximum absolute atomic E-state index is 11.9. The third kappa shape index (κ3) is 4.62. The van der Waals surface area contributed by atoms with E-state index in [4.69, 9.17) is 0 Å². The predicted octanol–water partition coefficient (Wildman–Crippen LogP) is 2.45. The summed E-state index contributed by atoms with van der Waals surface area (Å²) < 4.78 is 23.7. The van der Waals surface area contributed by atoms with Crippen LogP contribution in [0.15, 0.2) is 28.7 Å².